The molecule has 0 saturated heterocycles. The van der Waals surface area contributed by atoms with Gasteiger partial charge in [0.15, 0.2) is 0 Å². The minimum absolute atomic E-state index is 0.174. The van der Waals surface area contributed by atoms with Crippen molar-refractivity contribution in [2.75, 3.05) is 6.61 Å². The highest BCUT2D eigenvalue weighted by molar-refractivity contribution is 5.66. The summed E-state index contributed by atoms with van der Waals surface area (Å²) in [5, 5.41) is 11.0. The van der Waals surface area contributed by atoms with E-state index in [1.54, 1.807) is 0 Å². The topological polar surface area (TPSA) is 46.5 Å². The summed E-state index contributed by atoms with van der Waals surface area (Å²) in [6.45, 7) is 8.61. The minimum atomic E-state index is -0.357. The van der Waals surface area contributed by atoms with Gasteiger partial charge in [0.2, 0.25) is 0 Å². The fraction of sp³-hybridized carbons (Fsp3) is 0.941. The van der Waals surface area contributed by atoms with E-state index in [2.05, 4.69) is 20.8 Å². The van der Waals surface area contributed by atoms with Gasteiger partial charge in [0.25, 0.3) is 0 Å². The van der Waals surface area contributed by atoms with Crippen LogP contribution in [0.15, 0.2) is 0 Å². The number of esters is 1. The van der Waals surface area contributed by atoms with Crippen LogP contribution in [0.4, 0.5) is 0 Å². The Morgan fingerprint density at radius 1 is 1.30 bits per heavy atom. The molecule has 0 spiro atoms. The molecular formula is C17H28O3. The summed E-state index contributed by atoms with van der Waals surface area (Å²) < 4.78 is 5.39. The van der Waals surface area contributed by atoms with Crippen molar-refractivity contribution in [3.63, 3.8) is 0 Å². The quantitative estimate of drug-likeness (QED) is 0.790. The van der Waals surface area contributed by atoms with Crippen molar-refractivity contribution in [1.29, 1.82) is 0 Å². The van der Waals surface area contributed by atoms with Crippen molar-refractivity contribution >= 4 is 5.97 Å². The Kier molecular flexibility index (Phi) is 3.03. The van der Waals surface area contributed by atoms with E-state index in [0.717, 1.165) is 0 Å². The second kappa shape index (κ2) is 4.22. The summed E-state index contributed by atoms with van der Waals surface area (Å²) >= 11 is 0. The number of hydrogen-bond acceptors (Lipinski definition) is 3. The van der Waals surface area contributed by atoms with Gasteiger partial charge in [-0.2, -0.15) is 0 Å². The van der Waals surface area contributed by atoms with Gasteiger partial charge in [-0.05, 0) is 48.3 Å². The fourth-order valence-electron chi connectivity index (χ4n) is 6.76. The monoisotopic (exact) mass is 280 g/mol. The van der Waals surface area contributed by atoms with Gasteiger partial charge >= 0.3 is 5.97 Å². The molecule has 3 nitrogen and oxygen atoms in total. The maximum atomic E-state index is 11.3. The van der Waals surface area contributed by atoms with Crippen LogP contribution in [-0.2, 0) is 9.53 Å². The first kappa shape index (κ1) is 14.4. The van der Waals surface area contributed by atoms with Crippen molar-refractivity contribution in [3.05, 3.63) is 0 Å². The first-order valence-corrected chi connectivity index (χ1v) is 8.13. The van der Waals surface area contributed by atoms with Crippen molar-refractivity contribution < 1.29 is 14.6 Å². The van der Waals surface area contributed by atoms with E-state index in [1.165, 1.54) is 39.0 Å². The molecule has 0 amide bonds. The second-order valence-corrected chi connectivity index (χ2v) is 7.85. The fourth-order valence-corrected chi connectivity index (χ4v) is 6.76. The Morgan fingerprint density at radius 2 is 2.00 bits per heavy atom. The van der Waals surface area contributed by atoms with Crippen LogP contribution in [0, 0.1) is 28.1 Å². The van der Waals surface area contributed by atoms with Gasteiger partial charge in [-0.25, -0.2) is 0 Å². The average Bonchev–Trinajstić information content (AvgIpc) is 2.96. The standard InChI is InChI=1S/C17H28O3/c1-11-6-9-16-7-5-8-17(11,16)12(2)14(19)15(16,4)10-20-13(3)18/h11-12,14,19H,5-10H2,1-4H3/t11?,12?,14-,15+,16+,17-/m1/s1. The molecule has 0 aromatic carbocycles. The van der Waals surface area contributed by atoms with Crippen LogP contribution in [0.5, 0.6) is 0 Å². The highest BCUT2D eigenvalue weighted by Crippen LogP contribution is 2.80. The van der Waals surface area contributed by atoms with Gasteiger partial charge in [-0.3, -0.25) is 4.79 Å². The van der Waals surface area contributed by atoms with E-state index >= 15 is 0 Å². The second-order valence-electron chi connectivity index (χ2n) is 7.85. The van der Waals surface area contributed by atoms with Gasteiger partial charge in [0, 0.05) is 12.3 Å². The summed E-state index contributed by atoms with van der Waals surface area (Å²) in [6, 6.07) is 0. The molecule has 0 radical (unpaired) electrons. The lowest BCUT2D eigenvalue weighted by Crippen LogP contribution is -2.47. The predicted octanol–water partition coefficient (Wildman–Crippen LogP) is 3.15. The molecule has 3 aliphatic carbocycles. The lowest BCUT2D eigenvalue weighted by atomic mass is 9.57. The third-order valence-corrected chi connectivity index (χ3v) is 7.58. The van der Waals surface area contributed by atoms with Crippen molar-refractivity contribution in [1.82, 2.24) is 0 Å². The molecule has 0 heterocycles. The van der Waals surface area contributed by atoms with E-state index in [4.69, 9.17) is 4.74 Å². The number of ether oxygens (including phenoxy) is 1. The third kappa shape index (κ3) is 1.33. The molecule has 0 bridgehead atoms. The Hall–Kier alpha value is -0.570. The highest BCUT2D eigenvalue weighted by Gasteiger charge is 2.77. The maximum absolute atomic E-state index is 11.3. The molecule has 0 aromatic heterocycles. The largest absolute Gasteiger partial charge is 0.465 e. The molecule has 3 saturated carbocycles. The number of aliphatic hydroxyl groups excluding tert-OH is 1. The van der Waals surface area contributed by atoms with Crippen molar-refractivity contribution in [2.45, 2.75) is 65.9 Å². The Morgan fingerprint density at radius 3 is 2.65 bits per heavy atom. The number of rotatable bonds is 2. The summed E-state index contributed by atoms with van der Waals surface area (Å²) in [7, 11) is 0. The zero-order chi connectivity index (χ0) is 14.8. The van der Waals surface area contributed by atoms with E-state index in [9.17, 15) is 9.90 Å². The molecule has 114 valence electrons. The molecule has 0 aliphatic heterocycles. The predicted molar refractivity (Wildman–Crippen MR) is 77.0 cm³/mol. The number of carbonyl (C=O) groups is 1. The summed E-state index contributed by atoms with van der Waals surface area (Å²) in [5.41, 5.74) is 0.161. The van der Waals surface area contributed by atoms with Crippen LogP contribution in [0.3, 0.4) is 0 Å². The minimum Gasteiger partial charge on any atom is -0.465 e. The van der Waals surface area contributed by atoms with Gasteiger partial charge in [0.1, 0.15) is 0 Å². The Labute approximate surface area is 122 Å². The zero-order valence-electron chi connectivity index (χ0n) is 13.2. The van der Waals surface area contributed by atoms with Crippen LogP contribution >= 0.6 is 0 Å². The molecule has 3 heteroatoms. The van der Waals surface area contributed by atoms with Gasteiger partial charge in [-0.1, -0.05) is 27.2 Å². The first-order chi connectivity index (χ1) is 9.32. The Balaban J connectivity index is 2.05. The molecule has 3 aliphatic rings. The van der Waals surface area contributed by atoms with E-state index in [0.29, 0.717) is 18.4 Å². The smallest absolute Gasteiger partial charge is 0.302 e. The summed E-state index contributed by atoms with van der Waals surface area (Å²) in [4.78, 5) is 11.3. The van der Waals surface area contributed by atoms with Crippen LogP contribution in [0.2, 0.25) is 0 Å². The number of aliphatic hydroxyl groups is 1. The highest BCUT2D eigenvalue weighted by atomic mass is 16.5. The van der Waals surface area contributed by atoms with Crippen LogP contribution in [0.1, 0.15) is 59.8 Å². The lowest BCUT2D eigenvalue weighted by molar-refractivity contribution is -0.152. The van der Waals surface area contributed by atoms with Crippen LogP contribution in [-0.4, -0.2) is 23.8 Å². The molecule has 1 N–H and O–H groups in total. The SMILES string of the molecule is CC(=O)OC[C@@]1(C)[C@H](O)C(C)[C@]23CCC[C@@]21CCC3C. The first-order valence-electron chi connectivity index (χ1n) is 8.13. The third-order valence-electron chi connectivity index (χ3n) is 7.58. The molecule has 6 atom stereocenters. The van der Waals surface area contributed by atoms with E-state index in [1.807, 2.05) is 0 Å². The zero-order valence-corrected chi connectivity index (χ0v) is 13.2. The average molecular weight is 280 g/mol. The Bertz CT molecular complexity index is 434. The molecule has 3 fully saturated rings. The molecule has 0 aromatic rings. The molecule has 2 unspecified atom stereocenters. The van der Waals surface area contributed by atoms with Crippen molar-refractivity contribution in [3.8, 4) is 0 Å². The van der Waals surface area contributed by atoms with E-state index in [-0.39, 0.29) is 28.3 Å². The molecule has 3 rings (SSSR count). The van der Waals surface area contributed by atoms with Gasteiger partial charge < -0.3 is 9.84 Å². The normalized spacial score (nSPS) is 53.8. The summed E-state index contributed by atoms with van der Waals surface area (Å²) in [6.07, 6.45) is 5.78. The summed E-state index contributed by atoms with van der Waals surface area (Å²) in [5.74, 6) is 0.751. The van der Waals surface area contributed by atoms with Gasteiger partial charge in [0.05, 0.1) is 12.7 Å². The maximum Gasteiger partial charge on any atom is 0.302 e. The van der Waals surface area contributed by atoms with Crippen molar-refractivity contribution in [2.24, 2.45) is 28.1 Å². The van der Waals surface area contributed by atoms with Crippen LogP contribution in [0.25, 0.3) is 0 Å². The number of hydrogen-bond donors (Lipinski definition) is 1. The molecular weight excluding hydrogens is 252 g/mol. The van der Waals surface area contributed by atoms with E-state index < -0.39 is 0 Å². The lowest BCUT2D eigenvalue weighted by Gasteiger charge is -2.47. The van der Waals surface area contributed by atoms with Crippen LogP contribution < -0.4 is 0 Å². The van der Waals surface area contributed by atoms with Gasteiger partial charge in [-0.15, -0.1) is 0 Å². The molecule has 20 heavy (non-hydrogen) atoms. The number of carbonyl (C=O) groups excluding carboxylic acids is 1.